The summed E-state index contributed by atoms with van der Waals surface area (Å²) in [7, 11) is -1.16. The molecule has 1 unspecified atom stereocenters. The number of carbonyl (C=O) groups is 2. The van der Waals surface area contributed by atoms with Gasteiger partial charge in [0.2, 0.25) is 10.0 Å². The number of ether oxygens (including phenoxy) is 2. The Bertz CT molecular complexity index is 1050. The molecule has 1 N–H and O–H groups in total. The maximum absolute atomic E-state index is 13.2. The second-order valence-electron chi connectivity index (χ2n) is 7.44. The summed E-state index contributed by atoms with van der Waals surface area (Å²) in [6.07, 6.45) is 0.849. The van der Waals surface area contributed by atoms with E-state index in [1.165, 1.54) is 43.6 Å². The molecule has 0 aromatic heterocycles. The molecule has 166 valence electrons. The summed E-state index contributed by atoms with van der Waals surface area (Å²) in [6, 6.07) is 13.3. The minimum absolute atomic E-state index is 0.0126. The molecule has 0 heterocycles. The fraction of sp³-hybridized carbons (Fsp3) is 0.364. The Kier molecular flexibility index (Phi) is 6.97. The van der Waals surface area contributed by atoms with Gasteiger partial charge in [0, 0.05) is 19.6 Å². The first-order chi connectivity index (χ1) is 14.7. The number of nitrogens with one attached hydrogen (secondary N) is 1. The molecule has 0 radical (unpaired) electrons. The van der Waals surface area contributed by atoms with Gasteiger partial charge in [-0.15, -0.1) is 0 Å². The summed E-state index contributed by atoms with van der Waals surface area (Å²) in [4.78, 5) is 24.4. The second-order valence-corrected chi connectivity index (χ2v) is 9.46. The maximum Gasteiger partial charge on any atom is 0.338 e. The molecule has 0 spiro atoms. The van der Waals surface area contributed by atoms with E-state index in [0.717, 1.165) is 18.4 Å². The van der Waals surface area contributed by atoms with Crippen LogP contribution in [0.1, 0.15) is 35.7 Å². The van der Waals surface area contributed by atoms with E-state index in [4.69, 9.17) is 9.47 Å². The number of hydrogen-bond acceptors (Lipinski definition) is 6. The lowest BCUT2D eigenvalue weighted by atomic mass is 10.2. The number of benzene rings is 2. The van der Waals surface area contributed by atoms with Gasteiger partial charge in [0.1, 0.15) is 10.6 Å². The number of hydrogen-bond donors (Lipinski definition) is 1. The van der Waals surface area contributed by atoms with Crippen molar-refractivity contribution in [3.8, 4) is 5.75 Å². The van der Waals surface area contributed by atoms with E-state index in [1.807, 2.05) is 30.3 Å². The van der Waals surface area contributed by atoms with Gasteiger partial charge in [-0.2, -0.15) is 4.31 Å². The van der Waals surface area contributed by atoms with Gasteiger partial charge in [0.25, 0.3) is 5.91 Å². The van der Waals surface area contributed by atoms with Gasteiger partial charge >= 0.3 is 5.97 Å². The molecule has 1 fully saturated rings. The van der Waals surface area contributed by atoms with Crippen LogP contribution in [0.4, 0.5) is 0 Å². The second kappa shape index (κ2) is 9.49. The topological polar surface area (TPSA) is 102 Å². The van der Waals surface area contributed by atoms with E-state index < -0.39 is 22.1 Å². The van der Waals surface area contributed by atoms with Crippen LogP contribution in [0.2, 0.25) is 0 Å². The maximum atomic E-state index is 13.2. The largest absolute Gasteiger partial charge is 0.495 e. The molecule has 0 aliphatic heterocycles. The van der Waals surface area contributed by atoms with E-state index in [-0.39, 0.29) is 34.7 Å². The van der Waals surface area contributed by atoms with E-state index in [2.05, 4.69) is 5.32 Å². The Morgan fingerprint density at radius 3 is 2.45 bits per heavy atom. The number of sulfonamides is 1. The lowest BCUT2D eigenvalue weighted by Crippen LogP contribution is -2.37. The van der Waals surface area contributed by atoms with Gasteiger partial charge in [0.15, 0.2) is 6.10 Å². The van der Waals surface area contributed by atoms with E-state index in [1.54, 1.807) is 0 Å². The highest BCUT2D eigenvalue weighted by molar-refractivity contribution is 7.89. The van der Waals surface area contributed by atoms with Gasteiger partial charge in [-0.1, -0.05) is 30.3 Å². The number of rotatable bonds is 9. The van der Waals surface area contributed by atoms with Crippen molar-refractivity contribution in [3.05, 3.63) is 59.7 Å². The molecule has 3 rings (SSSR count). The van der Waals surface area contributed by atoms with Crippen LogP contribution in [0.25, 0.3) is 0 Å². The number of methoxy groups -OCH3 is 1. The zero-order chi connectivity index (χ0) is 22.6. The summed E-state index contributed by atoms with van der Waals surface area (Å²) in [5.41, 5.74) is 0.831. The summed E-state index contributed by atoms with van der Waals surface area (Å²) in [5, 5.41) is 2.76. The fourth-order valence-corrected chi connectivity index (χ4v) is 4.26. The molecule has 9 heteroatoms. The van der Waals surface area contributed by atoms with Gasteiger partial charge in [0.05, 0.1) is 12.7 Å². The molecular formula is C22H26N2O6S. The molecular weight excluding hydrogens is 420 g/mol. The molecule has 1 aliphatic rings. The van der Waals surface area contributed by atoms with Crippen molar-refractivity contribution in [1.29, 1.82) is 0 Å². The van der Waals surface area contributed by atoms with Crippen LogP contribution in [0.5, 0.6) is 5.75 Å². The number of nitrogens with zero attached hydrogens (tertiary/aromatic N) is 1. The van der Waals surface area contributed by atoms with Crippen LogP contribution in [0.15, 0.2) is 53.4 Å². The molecule has 2 aromatic carbocycles. The van der Waals surface area contributed by atoms with Crippen molar-refractivity contribution in [2.45, 2.75) is 43.4 Å². The zero-order valence-electron chi connectivity index (χ0n) is 17.7. The molecule has 0 bridgehead atoms. The van der Waals surface area contributed by atoms with Crippen molar-refractivity contribution in [2.75, 3.05) is 14.2 Å². The van der Waals surface area contributed by atoms with Gasteiger partial charge in [-0.3, -0.25) is 4.79 Å². The Balaban J connectivity index is 1.80. The van der Waals surface area contributed by atoms with Crippen molar-refractivity contribution in [2.24, 2.45) is 0 Å². The number of amides is 1. The third-order valence-corrected chi connectivity index (χ3v) is 6.74. The van der Waals surface area contributed by atoms with Crippen molar-refractivity contribution < 1.29 is 27.5 Å². The Labute approximate surface area is 182 Å². The molecule has 31 heavy (non-hydrogen) atoms. The summed E-state index contributed by atoms with van der Waals surface area (Å²) in [5.74, 6) is -1.06. The van der Waals surface area contributed by atoms with Crippen LogP contribution in [0, 0.1) is 0 Å². The molecule has 2 aromatic rings. The minimum atomic E-state index is -3.97. The first-order valence-electron chi connectivity index (χ1n) is 9.92. The number of carbonyl (C=O) groups excluding carboxylic acids is 2. The normalized spacial score (nSPS) is 14.7. The Hall–Kier alpha value is -2.91. The molecule has 1 atom stereocenters. The van der Waals surface area contributed by atoms with E-state index in [9.17, 15) is 18.0 Å². The highest BCUT2D eigenvalue weighted by atomic mass is 32.2. The predicted molar refractivity (Wildman–Crippen MR) is 114 cm³/mol. The van der Waals surface area contributed by atoms with Crippen LogP contribution >= 0.6 is 0 Å². The van der Waals surface area contributed by atoms with Gasteiger partial charge in [-0.25, -0.2) is 13.2 Å². The molecule has 1 saturated carbocycles. The SMILES string of the molecule is COc1ccc(C(=O)OC(C)C(=O)NC2CC2)cc1S(=O)(=O)N(C)Cc1ccccc1. The summed E-state index contributed by atoms with van der Waals surface area (Å²) >= 11 is 0. The van der Waals surface area contributed by atoms with Crippen LogP contribution in [0.3, 0.4) is 0 Å². The predicted octanol–water partition coefficient (Wildman–Crippen LogP) is 2.34. The van der Waals surface area contributed by atoms with Gasteiger partial charge in [-0.05, 0) is 43.5 Å². The lowest BCUT2D eigenvalue weighted by Gasteiger charge is -2.20. The first-order valence-corrected chi connectivity index (χ1v) is 11.4. The quantitative estimate of drug-likeness (QED) is 0.593. The van der Waals surface area contributed by atoms with Crippen LogP contribution in [-0.2, 0) is 26.1 Å². The molecule has 1 aliphatic carbocycles. The fourth-order valence-electron chi connectivity index (χ4n) is 2.93. The van der Waals surface area contributed by atoms with Crippen molar-refractivity contribution in [1.82, 2.24) is 9.62 Å². The summed E-state index contributed by atoms with van der Waals surface area (Å²) in [6.45, 7) is 1.63. The zero-order valence-corrected chi connectivity index (χ0v) is 18.5. The standard InChI is InChI=1S/C22H26N2O6S/c1-15(21(25)23-18-10-11-18)30-22(26)17-9-12-19(29-3)20(13-17)31(27,28)24(2)14-16-7-5-4-6-8-16/h4-9,12-13,15,18H,10-11,14H2,1-3H3,(H,23,25). The third kappa shape index (κ3) is 5.62. The third-order valence-electron chi connectivity index (χ3n) is 4.91. The van der Waals surface area contributed by atoms with Crippen LogP contribution in [-0.4, -0.2) is 50.9 Å². The molecule has 1 amide bonds. The molecule has 8 nitrogen and oxygen atoms in total. The first kappa shape index (κ1) is 22.8. The Morgan fingerprint density at radius 1 is 1.16 bits per heavy atom. The minimum Gasteiger partial charge on any atom is -0.495 e. The van der Waals surface area contributed by atoms with E-state index in [0.29, 0.717) is 0 Å². The highest BCUT2D eigenvalue weighted by Gasteiger charge is 2.29. The summed E-state index contributed by atoms with van der Waals surface area (Å²) < 4.78 is 38.0. The average molecular weight is 447 g/mol. The monoisotopic (exact) mass is 446 g/mol. The molecule has 0 saturated heterocycles. The van der Waals surface area contributed by atoms with Crippen molar-refractivity contribution in [3.63, 3.8) is 0 Å². The smallest absolute Gasteiger partial charge is 0.338 e. The Morgan fingerprint density at radius 2 is 1.84 bits per heavy atom. The van der Waals surface area contributed by atoms with Crippen molar-refractivity contribution >= 4 is 21.9 Å². The average Bonchev–Trinajstić information content (AvgIpc) is 3.57. The highest BCUT2D eigenvalue weighted by Crippen LogP contribution is 2.28. The lowest BCUT2D eigenvalue weighted by molar-refractivity contribution is -0.129. The van der Waals surface area contributed by atoms with E-state index >= 15 is 0 Å². The van der Waals surface area contributed by atoms with Crippen LogP contribution < -0.4 is 10.1 Å². The van der Waals surface area contributed by atoms with Gasteiger partial charge < -0.3 is 14.8 Å². The number of esters is 1.